The molecule has 0 heterocycles. The number of carbonyl (C=O) groups excluding carboxylic acids is 2. The predicted octanol–water partition coefficient (Wildman–Crippen LogP) is 2.93. The van der Waals surface area contributed by atoms with E-state index in [1.165, 1.54) is 25.7 Å². The van der Waals surface area contributed by atoms with Crippen molar-refractivity contribution in [2.75, 3.05) is 0 Å². The third-order valence-corrected chi connectivity index (χ3v) is 3.58. The van der Waals surface area contributed by atoms with Gasteiger partial charge in [0, 0.05) is 11.9 Å². The maximum atomic E-state index is 10.0. The zero-order valence-electron chi connectivity index (χ0n) is 15.8. The largest absolute Gasteiger partial charge is 2.00 e. The molecule has 0 N–H and O–H groups in total. The Labute approximate surface area is 191 Å². The van der Waals surface area contributed by atoms with Gasteiger partial charge in [0.25, 0.3) is 0 Å². The van der Waals surface area contributed by atoms with Crippen molar-refractivity contribution >= 4 is 57.4 Å². The van der Waals surface area contributed by atoms with Gasteiger partial charge in [-0.15, -0.1) is 13.2 Å². The average Bonchev–Trinajstić information content (AvgIpc) is 2.53. The van der Waals surface area contributed by atoms with E-state index in [2.05, 4.69) is 13.2 Å². The minimum Gasteiger partial charge on any atom is -0.550 e. The van der Waals surface area contributed by atoms with Crippen LogP contribution in [0, 0.1) is 0 Å². The SMILES string of the molecule is C=CCCCCCCCC(=O)[O-].C=CCCCCCCCC(=O)[O-].[Sr+2]. The summed E-state index contributed by atoms with van der Waals surface area (Å²) < 4.78 is 0. The molecule has 5 heteroatoms. The molecule has 0 radical (unpaired) electrons. The standard InChI is InChI=1S/2C10H18O2.Sr/c2*1-2-3-4-5-6-7-8-9-10(11)12;/h2*2H,1,3-9H2,(H,11,12);/q;;+2/p-2. The Morgan fingerprint density at radius 2 is 0.880 bits per heavy atom. The summed E-state index contributed by atoms with van der Waals surface area (Å²) in [4.78, 5) is 20.0. The van der Waals surface area contributed by atoms with Gasteiger partial charge in [0.05, 0.1) is 0 Å². The quantitative estimate of drug-likeness (QED) is 0.216. The number of carboxylic acids is 2. The third kappa shape index (κ3) is 35.8. The summed E-state index contributed by atoms with van der Waals surface area (Å²) >= 11 is 0. The zero-order valence-corrected chi connectivity index (χ0v) is 19.3. The molecule has 0 spiro atoms. The summed E-state index contributed by atoms with van der Waals surface area (Å²) in [6, 6.07) is 0. The number of hydrogen-bond acceptors (Lipinski definition) is 4. The van der Waals surface area contributed by atoms with Crippen LogP contribution in [-0.4, -0.2) is 57.4 Å². The Morgan fingerprint density at radius 3 is 1.16 bits per heavy atom. The van der Waals surface area contributed by atoms with E-state index in [-0.39, 0.29) is 58.3 Å². The second kappa shape index (κ2) is 26.1. The molecule has 0 unspecified atom stereocenters. The minimum atomic E-state index is -0.930. The van der Waals surface area contributed by atoms with Gasteiger partial charge in [0.1, 0.15) is 0 Å². The molecule has 0 saturated heterocycles. The van der Waals surface area contributed by atoms with Crippen molar-refractivity contribution < 1.29 is 19.8 Å². The van der Waals surface area contributed by atoms with Crippen LogP contribution in [0.15, 0.2) is 25.3 Å². The Bertz CT molecular complexity index is 298. The van der Waals surface area contributed by atoms with Crippen molar-refractivity contribution in [2.24, 2.45) is 0 Å². The summed E-state index contributed by atoms with van der Waals surface area (Å²) in [5.41, 5.74) is 0. The molecule has 0 fully saturated rings. The van der Waals surface area contributed by atoms with Crippen molar-refractivity contribution in [1.29, 1.82) is 0 Å². The van der Waals surface area contributed by atoms with Crippen LogP contribution in [0.25, 0.3) is 0 Å². The fourth-order valence-electron chi connectivity index (χ4n) is 2.18. The van der Waals surface area contributed by atoms with Crippen LogP contribution in [0.1, 0.15) is 89.9 Å². The zero-order chi connectivity index (χ0) is 18.5. The first kappa shape index (κ1) is 29.7. The fraction of sp³-hybridized carbons (Fsp3) is 0.700. The van der Waals surface area contributed by atoms with Crippen LogP contribution in [0.3, 0.4) is 0 Å². The van der Waals surface area contributed by atoms with E-state index in [9.17, 15) is 19.8 Å². The number of allylic oxidation sites excluding steroid dienone is 2. The van der Waals surface area contributed by atoms with E-state index < -0.39 is 11.9 Å². The molecule has 0 bridgehead atoms. The second-order valence-electron chi connectivity index (χ2n) is 5.93. The Morgan fingerprint density at radius 1 is 0.600 bits per heavy atom. The van der Waals surface area contributed by atoms with Crippen molar-refractivity contribution in [3.8, 4) is 0 Å². The van der Waals surface area contributed by atoms with E-state index in [1.807, 2.05) is 12.2 Å². The Hall–Kier alpha value is -0.0995. The van der Waals surface area contributed by atoms with Crippen LogP contribution in [0.2, 0.25) is 0 Å². The molecule has 25 heavy (non-hydrogen) atoms. The molecular weight excluding hydrogens is 392 g/mol. The van der Waals surface area contributed by atoms with Gasteiger partial charge in [-0.3, -0.25) is 0 Å². The molecule has 4 nitrogen and oxygen atoms in total. The molecule has 0 saturated carbocycles. The van der Waals surface area contributed by atoms with E-state index in [4.69, 9.17) is 0 Å². The third-order valence-electron chi connectivity index (χ3n) is 3.58. The minimum absolute atomic E-state index is 0. The number of unbranched alkanes of at least 4 members (excludes halogenated alkanes) is 10. The second-order valence-corrected chi connectivity index (χ2v) is 5.93. The molecule has 0 rings (SSSR count). The first-order valence-electron chi connectivity index (χ1n) is 9.16. The first-order valence-corrected chi connectivity index (χ1v) is 9.16. The van der Waals surface area contributed by atoms with Crippen molar-refractivity contribution in [3.05, 3.63) is 25.3 Å². The topological polar surface area (TPSA) is 80.3 Å². The number of hydrogen-bond donors (Lipinski definition) is 0. The maximum absolute atomic E-state index is 10.0. The van der Waals surface area contributed by atoms with Crippen molar-refractivity contribution in [2.45, 2.75) is 89.9 Å². The summed E-state index contributed by atoms with van der Waals surface area (Å²) in [5, 5.41) is 20.0. The molecule has 0 aromatic carbocycles. The van der Waals surface area contributed by atoms with E-state index in [1.54, 1.807) is 0 Å². The number of rotatable bonds is 16. The normalized spacial score (nSPS) is 9.28. The van der Waals surface area contributed by atoms with Crippen LogP contribution >= 0.6 is 0 Å². The van der Waals surface area contributed by atoms with Crippen molar-refractivity contribution in [3.63, 3.8) is 0 Å². The summed E-state index contributed by atoms with van der Waals surface area (Å²) in [7, 11) is 0. The Balaban J connectivity index is -0.000000372. The van der Waals surface area contributed by atoms with Gasteiger partial charge < -0.3 is 19.8 Å². The summed E-state index contributed by atoms with van der Waals surface area (Å²) in [6.07, 6.45) is 16.9. The fourth-order valence-corrected chi connectivity index (χ4v) is 2.18. The van der Waals surface area contributed by atoms with E-state index in [0.717, 1.165) is 51.4 Å². The van der Waals surface area contributed by atoms with Crippen LogP contribution < -0.4 is 10.2 Å². The van der Waals surface area contributed by atoms with Gasteiger partial charge in [-0.05, 0) is 51.4 Å². The van der Waals surface area contributed by atoms with Crippen LogP contribution in [0.5, 0.6) is 0 Å². The number of carbonyl (C=O) groups is 2. The molecule has 0 aromatic heterocycles. The van der Waals surface area contributed by atoms with E-state index in [0.29, 0.717) is 0 Å². The molecule has 0 aliphatic carbocycles. The molecule has 140 valence electrons. The average molecular weight is 426 g/mol. The van der Waals surface area contributed by atoms with Crippen LogP contribution in [-0.2, 0) is 9.59 Å². The summed E-state index contributed by atoms with van der Waals surface area (Å²) in [6.45, 7) is 7.26. The predicted molar refractivity (Wildman–Crippen MR) is 101 cm³/mol. The maximum Gasteiger partial charge on any atom is 2.00 e. The smallest absolute Gasteiger partial charge is 0.550 e. The van der Waals surface area contributed by atoms with Crippen LogP contribution in [0.4, 0.5) is 0 Å². The van der Waals surface area contributed by atoms with Gasteiger partial charge in [0.15, 0.2) is 0 Å². The number of carboxylic acid groups (broad SMARTS) is 2. The van der Waals surface area contributed by atoms with Gasteiger partial charge in [-0.25, -0.2) is 0 Å². The monoisotopic (exact) mass is 426 g/mol. The molecule has 0 aliphatic rings. The molecule has 0 amide bonds. The molecule has 0 aromatic rings. The summed E-state index contributed by atoms with van der Waals surface area (Å²) in [5.74, 6) is -1.86. The van der Waals surface area contributed by atoms with Gasteiger partial charge in [-0.2, -0.15) is 0 Å². The van der Waals surface area contributed by atoms with Gasteiger partial charge >= 0.3 is 45.5 Å². The molecule has 0 aliphatic heterocycles. The van der Waals surface area contributed by atoms with Gasteiger partial charge in [-0.1, -0.05) is 50.7 Å². The van der Waals surface area contributed by atoms with Gasteiger partial charge in [0.2, 0.25) is 0 Å². The molecular formula is C20H34O4Sr. The Kier molecular flexibility index (Phi) is 31.0. The van der Waals surface area contributed by atoms with E-state index >= 15 is 0 Å². The number of aliphatic carboxylic acids is 2. The molecule has 0 atom stereocenters. The van der Waals surface area contributed by atoms with Crippen molar-refractivity contribution in [1.82, 2.24) is 0 Å². The first-order chi connectivity index (χ1) is 11.5.